The molecule has 1 aliphatic carbocycles. The number of fused-ring (bicyclic) bond motifs is 2. The van der Waals surface area contributed by atoms with E-state index in [2.05, 4.69) is 9.97 Å². The molecule has 1 heterocycles. The van der Waals surface area contributed by atoms with E-state index in [0.29, 0.717) is 23.5 Å². The molecule has 1 aromatic carbocycles. The summed E-state index contributed by atoms with van der Waals surface area (Å²) in [5.41, 5.74) is 8.72. The number of carbonyl (C=O) groups is 1. The van der Waals surface area contributed by atoms with Crippen molar-refractivity contribution in [3.05, 3.63) is 41.7 Å². The van der Waals surface area contributed by atoms with E-state index >= 15 is 0 Å². The standard InChI is InChI=1S/C12H9N3O.3K.H3O4P/c13-7-5-6-10(16)12-11(7)14-8-3-1-2-4-9(8)15-12;;;;1-5(2,3)4/h1-5H,6,13H2;;;;(H3,1,2,3,4)/q;3*+1;/p-3. The molecular formula is C12H9K3N3O5P. The minimum Gasteiger partial charge on any atom is -0.822 e. The second kappa shape index (κ2) is 13.1. The number of carbonyl (C=O) groups excluding carboxylic acids is 1. The molecule has 0 saturated carbocycles. The molecule has 0 atom stereocenters. The molecule has 0 amide bonds. The summed E-state index contributed by atoms with van der Waals surface area (Å²) in [6.45, 7) is 0. The topological polar surface area (TPSA) is 155 Å². The van der Waals surface area contributed by atoms with Gasteiger partial charge in [-0.25, -0.2) is 9.97 Å². The summed E-state index contributed by atoms with van der Waals surface area (Å²) in [5.74, 6) is -0.0255. The Morgan fingerprint density at radius 3 is 1.83 bits per heavy atom. The van der Waals surface area contributed by atoms with Crippen molar-refractivity contribution < 1.29 is 178 Å². The molecular weight excluding hydrogens is 414 g/mol. The van der Waals surface area contributed by atoms with Gasteiger partial charge in [0.15, 0.2) is 5.78 Å². The minimum absolute atomic E-state index is 0. The largest absolute Gasteiger partial charge is 1.00 e. The SMILES string of the molecule is NC1=CCC(=O)c2nc3ccccc3nc21.O=P([O-])([O-])[O-].[K+].[K+].[K+]. The van der Waals surface area contributed by atoms with Crippen LogP contribution in [0.3, 0.4) is 0 Å². The number of aromatic nitrogens is 2. The molecule has 0 saturated heterocycles. The van der Waals surface area contributed by atoms with E-state index in [1.54, 1.807) is 6.08 Å². The van der Waals surface area contributed by atoms with Crippen molar-refractivity contribution in [1.82, 2.24) is 9.97 Å². The van der Waals surface area contributed by atoms with E-state index in [-0.39, 0.29) is 160 Å². The van der Waals surface area contributed by atoms with Gasteiger partial charge >= 0.3 is 154 Å². The first-order valence-corrected chi connectivity index (χ1v) is 7.21. The van der Waals surface area contributed by atoms with Gasteiger partial charge in [-0.1, -0.05) is 18.2 Å². The summed E-state index contributed by atoms with van der Waals surface area (Å²) < 4.78 is 8.55. The van der Waals surface area contributed by atoms with Gasteiger partial charge in [-0.2, -0.15) is 7.82 Å². The van der Waals surface area contributed by atoms with Crippen molar-refractivity contribution in [1.29, 1.82) is 0 Å². The monoisotopic (exact) mass is 423 g/mol. The van der Waals surface area contributed by atoms with Gasteiger partial charge in [-0.05, 0) is 12.1 Å². The third-order valence-corrected chi connectivity index (χ3v) is 2.62. The van der Waals surface area contributed by atoms with Crippen molar-refractivity contribution in [3.63, 3.8) is 0 Å². The molecule has 12 heteroatoms. The van der Waals surface area contributed by atoms with Crippen LogP contribution in [0, 0.1) is 0 Å². The molecule has 2 aromatic rings. The number of Topliss-reactive ketones (excluding diaryl/α,β-unsaturated/α-hetero) is 1. The minimum atomic E-state index is -5.39. The molecule has 1 aromatic heterocycles. The van der Waals surface area contributed by atoms with Gasteiger partial charge in [-0.3, -0.25) is 4.79 Å². The van der Waals surface area contributed by atoms with E-state index in [0.717, 1.165) is 11.0 Å². The van der Waals surface area contributed by atoms with Crippen LogP contribution in [0.1, 0.15) is 22.6 Å². The average Bonchev–Trinajstić information content (AvgIpc) is 2.40. The number of para-hydroxylation sites is 2. The van der Waals surface area contributed by atoms with Gasteiger partial charge < -0.3 is 25.0 Å². The fraction of sp³-hybridized carbons (Fsp3) is 0.0833. The predicted molar refractivity (Wildman–Crippen MR) is 68.3 cm³/mol. The first-order chi connectivity index (χ1) is 9.75. The first-order valence-electron chi connectivity index (χ1n) is 5.75. The summed E-state index contributed by atoms with van der Waals surface area (Å²) in [5, 5.41) is 0. The van der Waals surface area contributed by atoms with Crippen molar-refractivity contribution >= 4 is 30.3 Å². The van der Waals surface area contributed by atoms with Gasteiger partial charge in [0, 0.05) is 6.42 Å². The smallest absolute Gasteiger partial charge is 0.822 e. The van der Waals surface area contributed by atoms with E-state index in [1.165, 1.54) is 0 Å². The van der Waals surface area contributed by atoms with Crippen LogP contribution in [0.4, 0.5) is 0 Å². The second-order valence-corrected chi connectivity index (χ2v) is 5.04. The van der Waals surface area contributed by atoms with Crippen LogP contribution in [-0.2, 0) is 4.57 Å². The van der Waals surface area contributed by atoms with Crippen LogP contribution in [0.25, 0.3) is 16.7 Å². The fourth-order valence-corrected chi connectivity index (χ4v) is 1.79. The number of allylic oxidation sites excluding steroid dienone is 1. The molecule has 110 valence electrons. The van der Waals surface area contributed by atoms with Crippen molar-refractivity contribution in [3.8, 4) is 0 Å². The van der Waals surface area contributed by atoms with Gasteiger partial charge in [0.25, 0.3) is 0 Å². The quantitative estimate of drug-likeness (QED) is 0.323. The van der Waals surface area contributed by atoms with Crippen molar-refractivity contribution in [2.24, 2.45) is 5.73 Å². The zero-order valence-electron chi connectivity index (χ0n) is 13.6. The van der Waals surface area contributed by atoms with Crippen LogP contribution in [0.15, 0.2) is 30.3 Å². The van der Waals surface area contributed by atoms with Crippen LogP contribution in [0.2, 0.25) is 0 Å². The van der Waals surface area contributed by atoms with Gasteiger partial charge in [0.1, 0.15) is 11.4 Å². The van der Waals surface area contributed by atoms with E-state index < -0.39 is 7.82 Å². The Hall–Kier alpha value is 2.79. The normalized spacial score (nSPS) is 12.3. The molecule has 0 spiro atoms. The number of phosphoric acid groups is 1. The van der Waals surface area contributed by atoms with Crippen molar-refractivity contribution in [2.45, 2.75) is 6.42 Å². The second-order valence-electron chi connectivity index (χ2n) is 4.14. The molecule has 3 rings (SSSR count). The summed E-state index contributed by atoms with van der Waals surface area (Å²) in [6.07, 6.45) is 2.00. The number of nitrogens with two attached hydrogens (primary N) is 1. The molecule has 0 aliphatic heterocycles. The molecule has 0 radical (unpaired) electrons. The zero-order valence-corrected chi connectivity index (χ0v) is 23.8. The maximum absolute atomic E-state index is 11.7. The van der Waals surface area contributed by atoms with Gasteiger partial charge in [-0.15, -0.1) is 0 Å². The van der Waals surface area contributed by atoms with Crippen LogP contribution in [-0.4, -0.2) is 15.8 Å². The van der Waals surface area contributed by atoms with Gasteiger partial charge in [0.05, 0.1) is 16.7 Å². The molecule has 0 unspecified atom stereocenters. The molecule has 2 N–H and O–H groups in total. The summed E-state index contributed by atoms with van der Waals surface area (Å²) >= 11 is 0. The number of hydrogen-bond acceptors (Lipinski definition) is 8. The molecule has 0 fully saturated rings. The average molecular weight is 423 g/mol. The van der Waals surface area contributed by atoms with Gasteiger partial charge in [0.2, 0.25) is 0 Å². The fourth-order valence-electron chi connectivity index (χ4n) is 1.79. The Morgan fingerprint density at radius 2 is 1.38 bits per heavy atom. The Bertz CT molecular complexity index is 788. The molecule has 0 bridgehead atoms. The molecule has 24 heavy (non-hydrogen) atoms. The Labute approximate surface area is 266 Å². The van der Waals surface area contributed by atoms with Crippen molar-refractivity contribution in [2.75, 3.05) is 0 Å². The summed E-state index contributed by atoms with van der Waals surface area (Å²) in [4.78, 5) is 46.0. The van der Waals surface area contributed by atoms with Crippen LogP contribution in [0.5, 0.6) is 0 Å². The van der Waals surface area contributed by atoms with Crippen LogP contribution >= 0.6 is 7.82 Å². The Balaban J connectivity index is 0. The number of ketones is 1. The maximum atomic E-state index is 11.7. The number of benzene rings is 1. The predicted octanol–water partition coefficient (Wildman–Crippen LogP) is -10.3. The third-order valence-electron chi connectivity index (χ3n) is 2.62. The number of hydrogen-bond donors (Lipinski definition) is 1. The number of nitrogens with zero attached hydrogens (tertiary/aromatic N) is 2. The van der Waals surface area contributed by atoms with E-state index in [1.807, 2.05) is 24.3 Å². The Morgan fingerprint density at radius 1 is 0.958 bits per heavy atom. The molecule has 1 aliphatic rings. The maximum Gasteiger partial charge on any atom is 1.00 e. The van der Waals surface area contributed by atoms with E-state index in [9.17, 15) is 4.79 Å². The third kappa shape index (κ3) is 9.32. The molecule has 8 nitrogen and oxygen atoms in total. The summed E-state index contributed by atoms with van der Waals surface area (Å²) in [7, 11) is -5.39. The Kier molecular flexibility index (Phi) is 15.8. The number of rotatable bonds is 0. The van der Waals surface area contributed by atoms with E-state index in [4.69, 9.17) is 25.0 Å². The van der Waals surface area contributed by atoms with Crippen LogP contribution < -0.4 is 175 Å². The summed E-state index contributed by atoms with van der Waals surface area (Å²) in [6, 6.07) is 7.45. The first kappa shape index (κ1) is 29.0. The zero-order chi connectivity index (χ0) is 15.6.